The number of para-hydroxylation sites is 1. The van der Waals surface area contributed by atoms with E-state index < -0.39 is 18.5 Å². The Morgan fingerprint density at radius 3 is 2.40 bits per heavy atom. The number of carbonyl (C=O) groups is 4. The number of rotatable bonds is 9. The fraction of sp³-hybridized carbons (Fsp3) is 0.524. The summed E-state index contributed by atoms with van der Waals surface area (Å²) < 4.78 is 15.4. The molecular weight excluding hydrogens is 392 g/mol. The molecule has 1 fully saturated rings. The molecule has 1 N–H and O–H groups in total. The Labute approximate surface area is 175 Å². The molecule has 1 aromatic rings. The first-order valence-corrected chi connectivity index (χ1v) is 10.1. The monoisotopic (exact) mass is 420 g/mol. The molecule has 0 saturated carbocycles. The lowest BCUT2D eigenvalue weighted by Gasteiger charge is -2.30. The number of nitrogens with one attached hydrogen (secondary N) is 1. The van der Waals surface area contributed by atoms with Gasteiger partial charge in [0.2, 0.25) is 0 Å². The van der Waals surface area contributed by atoms with Crippen LogP contribution in [-0.4, -0.2) is 68.1 Å². The topological polar surface area (TPSA) is 111 Å². The van der Waals surface area contributed by atoms with Crippen LogP contribution in [0.3, 0.4) is 0 Å². The molecule has 0 atom stereocenters. The second kappa shape index (κ2) is 11.8. The lowest BCUT2D eigenvalue weighted by Crippen LogP contribution is -2.43. The third-order valence-electron chi connectivity index (χ3n) is 4.65. The van der Waals surface area contributed by atoms with Gasteiger partial charge < -0.3 is 24.4 Å². The third kappa shape index (κ3) is 6.75. The van der Waals surface area contributed by atoms with Gasteiger partial charge in [-0.25, -0.2) is 0 Å². The summed E-state index contributed by atoms with van der Waals surface area (Å²) in [5, 5.41) is 2.46. The van der Waals surface area contributed by atoms with E-state index in [0.29, 0.717) is 50.5 Å². The summed E-state index contributed by atoms with van der Waals surface area (Å²) in [5.74, 6) is -1.54. The summed E-state index contributed by atoms with van der Waals surface area (Å²) in [5.41, 5.74) is 0.313. The van der Waals surface area contributed by atoms with Crippen LogP contribution >= 0.6 is 0 Å². The van der Waals surface area contributed by atoms with E-state index in [1.54, 1.807) is 36.1 Å². The summed E-state index contributed by atoms with van der Waals surface area (Å²) in [6.07, 6.45) is 1.04. The molecule has 0 radical (unpaired) electrons. The van der Waals surface area contributed by atoms with E-state index in [1.165, 1.54) is 0 Å². The summed E-state index contributed by atoms with van der Waals surface area (Å²) >= 11 is 0. The van der Waals surface area contributed by atoms with Gasteiger partial charge in [0, 0.05) is 13.1 Å². The minimum Gasteiger partial charge on any atom is -0.493 e. The standard InChI is InChI=1S/C21H28N2O7/c1-3-28-17-8-6-5-7-16(17)20(26)22-13-19(25)30-14-18(24)23-11-9-15(10-12-23)21(27)29-4-2/h5-8,15H,3-4,9-14H2,1-2H3,(H,22,26). The van der Waals surface area contributed by atoms with Gasteiger partial charge in [0.1, 0.15) is 12.3 Å². The highest BCUT2D eigenvalue weighted by Crippen LogP contribution is 2.19. The molecule has 1 heterocycles. The van der Waals surface area contributed by atoms with Crippen molar-refractivity contribution in [3.63, 3.8) is 0 Å². The van der Waals surface area contributed by atoms with Crippen molar-refractivity contribution in [2.75, 3.05) is 39.5 Å². The minimum atomic E-state index is -0.716. The molecule has 1 aliphatic heterocycles. The Morgan fingerprint density at radius 1 is 1.03 bits per heavy atom. The molecule has 30 heavy (non-hydrogen) atoms. The molecule has 9 nitrogen and oxygen atoms in total. The van der Waals surface area contributed by atoms with Crippen LogP contribution in [0.2, 0.25) is 0 Å². The number of likely N-dealkylation sites (tertiary alicyclic amines) is 1. The van der Waals surface area contributed by atoms with Gasteiger partial charge in [-0.1, -0.05) is 12.1 Å². The lowest BCUT2D eigenvalue weighted by atomic mass is 9.97. The Kier molecular flexibility index (Phi) is 9.11. The Balaban J connectivity index is 1.72. The fourth-order valence-corrected chi connectivity index (χ4v) is 3.09. The average Bonchev–Trinajstić information content (AvgIpc) is 2.76. The smallest absolute Gasteiger partial charge is 0.325 e. The fourth-order valence-electron chi connectivity index (χ4n) is 3.09. The zero-order valence-corrected chi connectivity index (χ0v) is 17.3. The van der Waals surface area contributed by atoms with Crippen molar-refractivity contribution < 1.29 is 33.4 Å². The van der Waals surface area contributed by atoms with Gasteiger partial charge >= 0.3 is 11.9 Å². The van der Waals surface area contributed by atoms with Crippen LogP contribution in [0.15, 0.2) is 24.3 Å². The molecule has 1 aliphatic rings. The molecule has 1 aromatic carbocycles. The SMILES string of the molecule is CCOC(=O)C1CCN(C(=O)COC(=O)CNC(=O)c2ccccc2OCC)CC1. The van der Waals surface area contributed by atoms with Gasteiger partial charge in [0.25, 0.3) is 11.8 Å². The number of carbonyl (C=O) groups excluding carboxylic acids is 4. The van der Waals surface area contributed by atoms with Crippen molar-refractivity contribution in [3.8, 4) is 5.75 Å². The minimum absolute atomic E-state index is 0.202. The van der Waals surface area contributed by atoms with E-state index in [0.717, 1.165) is 0 Å². The van der Waals surface area contributed by atoms with Gasteiger partial charge in [0.05, 0.1) is 24.7 Å². The van der Waals surface area contributed by atoms with E-state index in [9.17, 15) is 19.2 Å². The predicted octanol–water partition coefficient (Wildman–Crippen LogP) is 1.16. The molecule has 0 spiro atoms. The van der Waals surface area contributed by atoms with Gasteiger partial charge in [-0.3, -0.25) is 19.2 Å². The number of piperidine rings is 1. The third-order valence-corrected chi connectivity index (χ3v) is 4.65. The van der Waals surface area contributed by atoms with E-state index in [2.05, 4.69) is 5.32 Å². The number of hydrogen-bond acceptors (Lipinski definition) is 7. The van der Waals surface area contributed by atoms with Gasteiger partial charge in [-0.2, -0.15) is 0 Å². The largest absolute Gasteiger partial charge is 0.493 e. The highest BCUT2D eigenvalue weighted by atomic mass is 16.5. The van der Waals surface area contributed by atoms with Crippen LogP contribution in [0.1, 0.15) is 37.0 Å². The van der Waals surface area contributed by atoms with E-state index >= 15 is 0 Å². The molecular formula is C21H28N2O7. The molecule has 0 aromatic heterocycles. The van der Waals surface area contributed by atoms with Crippen molar-refractivity contribution in [3.05, 3.63) is 29.8 Å². The lowest BCUT2D eigenvalue weighted by molar-refractivity contribution is -0.154. The molecule has 2 rings (SSSR count). The summed E-state index contributed by atoms with van der Waals surface area (Å²) in [4.78, 5) is 49.6. The second-order valence-corrected chi connectivity index (χ2v) is 6.68. The van der Waals surface area contributed by atoms with E-state index in [1.807, 2.05) is 6.92 Å². The normalized spacial score (nSPS) is 14.0. The molecule has 0 aliphatic carbocycles. The summed E-state index contributed by atoms with van der Waals surface area (Å²) in [6.45, 7) is 4.35. The van der Waals surface area contributed by atoms with Crippen molar-refractivity contribution in [1.82, 2.24) is 10.2 Å². The maximum atomic E-state index is 12.3. The quantitative estimate of drug-likeness (QED) is 0.597. The Morgan fingerprint density at radius 2 is 1.73 bits per heavy atom. The second-order valence-electron chi connectivity index (χ2n) is 6.68. The molecule has 164 valence electrons. The average molecular weight is 420 g/mol. The highest BCUT2D eigenvalue weighted by molar-refractivity contribution is 5.98. The van der Waals surface area contributed by atoms with Crippen LogP contribution in [0.25, 0.3) is 0 Å². The highest BCUT2D eigenvalue weighted by Gasteiger charge is 2.28. The predicted molar refractivity (Wildman–Crippen MR) is 107 cm³/mol. The first-order valence-electron chi connectivity index (χ1n) is 10.1. The van der Waals surface area contributed by atoms with Crippen LogP contribution < -0.4 is 10.1 Å². The van der Waals surface area contributed by atoms with Crippen LogP contribution in [0, 0.1) is 5.92 Å². The van der Waals surface area contributed by atoms with Gasteiger partial charge in [0.15, 0.2) is 6.61 Å². The number of amides is 2. The first-order chi connectivity index (χ1) is 14.5. The molecule has 2 amide bonds. The Hall–Kier alpha value is -3.10. The first kappa shape index (κ1) is 23.2. The van der Waals surface area contributed by atoms with Gasteiger partial charge in [-0.15, -0.1) is 0 Å². The number of hydrogen-bond donors (Lipinski definition) is 1. The molecule has 1 saturated heterocycles. The number of esters is 2. The van der Waals surface area contributed by atoms with Crippen molar-refractivity contribution in [2.45, 2.75) is 26.7 Å². The van der Waals surface area contributed by atoms with Crippen molar-refractivity contribution in [2.24, 2.45) is 5.92 Å². The molecule has 0 bridgehead atoms. The van der Waals surface area contributed by atoms with Crippen molar-refractivity contribution >= 4 is 23.8 Å². The number of nitrogens with zero attached hydrogens (tertiary/aromatic N) is 1. The van der Waals surface area contributed by atoms with E-state index in [4.69, 9.17) is 14.2 Å². The summed E-state index contributed by atoms with van der Waals surface area (Å²) in [6, 6.07) is 6.70. The number of ether oxygens (including phenoxy) is 3. The Bertz CT molecular complexity index is 757. The molecule has 9 heteroatoms. The van der Waals surface area contributed by atoms with E-state index in [-0.39, 0.29) is 24.3 Å². The number of benzene rings is 1. The van der Waals surface area contributed by atoms with Crippen LogP contribution in [0.4, 0.5) is 0 Å². The van der Waals surface area contributed by atoms with Crippen LogP contribution in [0.5, 0.6) is 5.75 Å². The van der Waals surface area contributed by atoms with Gasteiger partial charge in [-0.05, 0) is 38.8 Å². The molecule has 0 unspecified atom stereocenters. The van der Waals surface area contributed by atoms with Crippen LogP contribution in [-0.2, 0) is 23.9 Å². The van der Waals surface area contributed by atoms with Crippen molar-refractivity contribution in [1.29, 1.82) is 0 Å². The maximum absolute atomic E-state index is 12.3. The summed E-state index contributed by atoms with van der Waals surface area (Å²) in [7, 11) is 0. The maximum Gasteiger partial charge on any atom is 0.325 e. The zero-order chi connectivity index (χ0) is 21.9. The zero-order valence-electron chi connectivity index (χ0n) is 17.3.